The van der Waals surface area contributed by atoms with Gasteiger partial charge in [0.25, 0.3) is 0 Å². The highest BCUT2D eigenvalue weighted by Crippen LogP contribution is 2.39. The zero-order valence-corrected chi connectivity index (χ0v) is 20.7. The molecule has 2 rings (SSSR count). The highest BCUT2D eigenvalue weighted by molar-refractivity contribution is 6.74. The van der Waals surface area contributed by atoms with Crippen LogP contribution in [0.1, 0.15) is 59.9 Å². The third-order valence-corrected chi connectivity index (χ3v) is 10.5. The van der Waals surface area contributed by atoms with Crippen molar-refractivity contribution in [2.75, 3.05) is 13.1 Å². The molecule has 0 unspecified atom stereocenters. The van der Waals surface area contributed by atoms with E-state index in [1.807, 2.05) is 26.8 Å². The zero-order chi connectivity index (χ0) is 21.9. The standard InChI is InChI=1S/C24H41NO3Si/c1-23(2,3)27-22(26)15-20-14-21(28-29(7,8)24(4,5)6)18-25(17-20)16-19-12-10-9-11-13-19/h9-13,20-21H,14-18H2,1-8H3/t20-,21+/m0/s1. The lowest BCUT2D eigenvalue weighted by Crippen LogP contribution is -2.51. The maximum Gasteiger partial charge on any atom is 0.306 e. The molecule has 0 radical (unpaired) electrons. The Morgan fingerprint density at radius 3 is 2.24 bits per heavy atom. The Bertz CT molecular complexity index is 661. The predicted molar refractivity (Wildman–Crippen MR) is 122 cm³/mol. The smallest absolute Gasteiger partial charge is 0.306 e. The summed E-state index contributed by atoms with van der Waals surface area (Å²) < 4.78 is 12.4. The van der Waals surface area contributed by atoms with E-state index in [4.69, 9.17) is 9.16 Å². The summed E-state index contributed by atoms with van der Waals surface area (Å²) in [5, 5.41) is 0.176. The highest BCUT2D eigenvalue weighted by atomic mass is 28.4. The van der Waals surface area contributed by atoms with Crippen LogP contribution in [-0.4, -0.2) is 44.0 Å². The van der Waals surface area contributed by atoms with Gasteiger partial charge in [0, 0.05) is 26.1 Å². The quantitative estimate of drug-likeness (QED) is 0.442. The summed E-state index contributed by atoms with van der Waals surface area (Å²) in [6.45, 7) is 20.0. The van der Waals surface area contributed by atoms with Crippen molar-refractivity contribution in [3.8, 4) is 0 Å². The van der Waals surface area contributed by atoms with Crippen molar-refractivity contribution in [3.05, 3.63) is 35.9 Å². The average Bonchev–Trinajstić information content (AvgIpc) is 2.52. The first-order valence-electron chi connectivity index (χ1n) is 10.9. The Hall–Kier alpha value is -1.17. The molecule has 1 aromatic rings. The minimum Gasteiger partial charge on any atom is -0.460 e. The lowest BCUT2D eigenvalue weighted by Gasteiger charge is -2.44. The molecule has 4 nitrogen and oxygen atoms in total. The van der Waals surface area contributed by atoms with Crippen molar-refractivity contribution in [3.63, 3.8) is 0 Å². The Labute approximate surface area is 179 Å². The van der Waals surface area contributed by atoms with E-state index in [9.17, 15) is 4.79 Å². The molecule has 0 saturated carbocycles. The largest absolute Gasteiger partial charge is 0.460 e. The number of hydrogen-bond acceptors (Lipinski definition) is 4. The van der Waals surface area contributed by atoms with Crippen LogP contribution >= 0.6 is 0 Å². The van der Waals surface area contributed by atoms with Crippen LogP contribution in [-0.2, 0) is 20.5 Å². The Morgan fingerprint density at radius 1 is 1.07 bits per heavy atom. The maximum atomic E-state index is 12.5. The molecule has 2 atom stereocenters. The first kappa shape index (κ1) is 24.1. The van der Waals surface area contributed by atoms with Gasteiger partial charge in [-0.3, -0.25) is 9.69 Å². The van der Waals surface area contributed by atoms with Gasteiger partial charge in [0.2, 0.25) is 0 Å². The van der Waals surface area contributed by atoms with Crippen LogP contribution in [0.5, 0.6) is 0 Å². The van der Waals surface area contributed by atoms with Gasteiger partial charge in [0.15, 0.2) is 8.32 Å². The van der Waals surface area contributed by atoms with E-state index in [-0.39, 0.29) is 23.0 Å². The second kappa shape index (κ2) is 9.32. The number of benzene rings is 1. The molecule has 1 heterocycles. The van der Waals surface area contributed by atoms with Crippen LogP contribution in [0.2, 0.25) is 18.1 Å². The second-order valence-electron chi connectivity index (χ2n) is 11.1. The lowest BCUT2D eigenvalue weighted by molar-refractivity contribution is -0.156. The fourth-order valence-corrected chi connectivity index (χ4v) is 5.02. The molecule has 0 amide bonds. The van der Waals surface area contributed by atoms with Gasteiger partial charge in [0.1, 0.15) is 5.60 Å². The SMILES string of the molecule is CC(C)(C)OC(=O)C[C@@H]1C[C@@H](O[Si](C)(C)C(C)(C)C)CN(Cc2ccccc2)C1. The predicted octanol–water partition coefficient (Wildman–Crippen LogP) is 5.63. The van der Waals surface area contributed by atoms with E-state index < -0.39 is 13.9 Å². The molecule has 1 saturated heterocycles. The number of rotatable bonds is 6. The van der Waals surface area contributed by atoms with Crippen molar-refractivity contribution in [1.82, 2.24) is 4.90 Å². The molecule has 1 aliphatic heterocycles. The molecule has 1 aliphatic rings. The zero-order valence-electron chi connectivity index (χ0n) is 19.7. The topological polar surface area (TPSA) is 38.8 Å². The average molecular weight is 420 g/mol. The molecule has 5 heteroatoms. The molecular weight excluding hydrogens is 378 g/mol. The van der Waals surface area contributed by atoms with Crippen molar-refractivity contribution >= 4 is 14.3 Å². The number of piperidine rings is 1. The van der Waals surface area contributed by atoms with Crippen LogP contribution in [0.4, 0.5) is 0 Å². The minimum atomic E-state index is -1.86. The fraction of sp³-hybridized carbons (Fsp3) is 0.708. The molecule has 0 bridgehead atoms. The normalized spacial score (nSPS) is 21.8. The fourth-order valence-electron chi connectivity index (χ4n) is 3.66. The van der Waals surface area contributed by atoms with Gasteiger partial charge in [-0.1, -0.05) is 51.1 Å². The molecule has 0 N–H and O–H groups in total. The summed E-state index contributed by atoms with van der Waals surface area (Å²) in [5.41, 5.74) is 0.864. The summed E-state index contributed by atoms with van der Waals surface area (Å²) in [6, 6.07) is 10.6. The van der Waals surface area contributed by atoms with E-state index >= 15 is 0 Å². The Kier molecular flexibility index (Phi) is 7.74. The summed E-state index contributed by atoms with van der Waals surface area (Å²) in [6.07, 6.45) is 1.55. The number of esters is 1. The summed E-state index contributed by atoms with van der Waals surface area (Å²) in [7, 11) is -1.86. The number of nitrogens with zero attached hydrogens (tertiary/aromatic N) is 1. The van der Waals surface area contributed by atoms with Crippen molar-refractivity contribution in [2.45, 2.75) is 90.8 Å². The van der Waals surface area contributed by atoms with Gasteiger partial charge in [-0.05, 0) is 56.8 Å². The lowest BCUT2D eigenvalue weighted by atomic mass is 9.92. The van der Waals surface area contributed by atoms with E-state index in [1.54, 1.807) is 0 Å². The first-order chi connectivity index (χ1) is 13.2. The third kappa shape index (κ3) is 7.87. The molecule has 0 aromatic heterocycles. The van der Waals surface area contributed by atoms with Gasteiger partial charge in [-0.15, -0.1) is 0 Å². The van der Waals surface area contributed by atoms with E-state index in [0.717, 1.165) is 26.1 Å². The van der Waals surface area contributed by atoms with Crippen LogP contribution in [0, 0.1) is 5.92 Å². The highest BCUT2D eigenvalue weighted by Gasteiger charge is 2.41. The van der Waals surface area contributed by atoms with Gasteiger partial charge >= 0.3 is 5.97 Å². The molecule has 164 valence electrons. The van der Waals surface area contributed by atoms with Crippen LogP contribution in [0.3, 0.4) is 0 Å². The molecule has 1 aromatic carbocycles. The number of ether oxygens (including phenoxy) is 1. The van der Waals surface area contributed by atoms with E-state index in [0.29, 0.717) is 6.42 Å². The van der Waals surface area contributed by atoms with Crippen LogP contribution in [0.25, 0.3) is 0 Å². The molecule has 29 heavy (non-hydrogen) atoms. The molecule has 1 fully saturated rings. The van der Waals surface area contributed by atoms with Gasteiger partial charge in [0.05, 0.1) is 6.10 Å². The summed E-state index contributed by atoms with van der Waals surface area (Å²) in [5.74, 6) is 0.159. The van der Waals surface area contributed by atoms with Gasteiger partial charge < -0.3 is 9.16 Å². The monoisotopic (exact) mass is 419 g/mol. The van der Waals surface area contributed by atoms with Crippen LogP contribution in [0.15, 0.2) is 30.3 Å². The van der Waals surface area contributed by atoms with E-state index in [1.165, 1.54) is 5.56 Å². The van der Waals surface area contributed by atoms with Crippen molar-refractivity contribution < 1.29 is 14.0 Å². The first-order valence-corrected chi connectivity index (χ1v) is 13.8. The molecule has 0 aliphatic carbocycles. The minimum absolute atomic E-state index is 0.102. The molecular formula is C24H41NO3Si. The Morgan fingerprint density at radius 2 is 1.69 bits per heavy atom. The number of hydrogen-bond donors (Lipinski definition) is 0. The maximum absolute atomic E-state index is 12.5. The third-order valence-electron chi connectivity index (χ3n) is 5.97. The Balaban J connectivity index is 2.11. The van der Waals surface area contributed by atoms with Crippen LogP contribution < -0.4 is 0 Å². The number of carbonyl (C=O) groups excluding carboxylic acids is 1. The summed E-state index contributed by atoms with van der Waals surface area (Å²) >= 11 is 0. The summed E-state index contributed by atoms with van der Waals surface area (Å²) in [4.78, 5) is 14.9. The second-order valence-corrected chi connectivity index (χ2v) is 15.8. The molecule has 0 spiro atoms. The van der Waals surface area contributed by atoms with Crippen molar-refractivity contribution in [2.24, 2.45) is 5.92 Å². The van der Waals surface area contributed by atoms with Gasteiger partial charge in [-0.2, -0.15) is 0 Å². The van der Waals surface area contributed by atoms with E-state index in [2.05, 4.69) is 63.0 Å². The van der Waals surface area contributed by atoms with Crippen molar-refractivity contribution in [1.29, 1.82) is 0 Å². The van der Waals surface area contributed by atoms with Gasteiger partial charge in [-0.25, -0.2) is 0 Å². The number of likely N-dealkylation sites (tertiary alicyclic amines) is 1. The number of carbonyl (C=O) groups is 1.